The molecule has 0 bridgehead atoms. The molecule has 4 nitrogen and oxygen atoms in total. The second-order valence-corrected chi connectivity index (χ2v) is 5.74. The normalized spacial score (nSPS) is 13.2. The van der Waals surface area contributed by atoms with Crippen LogP contribution in [0, 0.1) is 0 Å². The Morgan fingerprint density at radius 2 is 2.04 bits per heavy atom. The van der Waals surface area contributed by atoms with Crippen molar-refractivity contribution in [2.24, 2.45) is 0 Å². The van der Waals surface area contributed by atoms with Crippen LogP contribution in [0.1, 0.15) is 46.8 Å². The summed E-state index contributed by atoms with van der Waals surface area (Å²) in [5.41, 5.74) is 3.00. The first-order valence-electron chi connectivity index (χ1n) is 8.23. The first-order valence-corrected chi connectivity index (χ1v) is 8.23. The molecule has 1 aromatic carbocycles. The molecule has 0 atom stereocenters. The maximum atomic E-state index is 12.8. The quantitative estimate of drug-likeness (QED) is 0.763. The van der Waals surface area contributed by atoms with E-state index in [1.807, 2.05) is 0 Å². The molecule has 1 aliphatic carbocycles. The number of aromatic nitrogens is 1. The number of pyridine rings is 1. The van der Waals surface area contributed by atoms with Gasteiger partial charge in [0.2, 0.25) is 5.88 Å². The first kappa shape index (κ1) is 16.4. The number of fused-ring (bicyclic) bond motifs is 1. The molecule has 0 amide bonds. The van der Waals surface area contributed by atoms with E-state index in [9.17, 15) is 9.18 Å². The molecule has 1 aliphatic rings. The Morgan fingerprint density at radius 3 is 2.79 bits per heavy atom. The number of carbonyl (C=O) groups is 1. The van der Waals surface area contributed by atoms with Gasteiger partial charge in [-0.3, -0.25) is 0 Å². The van der Waals surface area contributed by atoms with Gasteiger partial charge >= 0.3 is 5.97 Å². The van der Waals surface area contributed by atoms with E-state index in [2.05, 4.69) is 4.98 Å². The van der Waals surface area contributed by atoms with Gasteiger partial charge in [-0.2, -0.15) is 0 Å². The molecule has 24 heavy (non-hydrogen) atoms. The third-order valence-corrected chi connectivity index (χ3v) is 4.12. The van der Waals surface area contributed by atoms with Gasteiger partial charge in [-0.05, 0) is 55.9 Å². The molecule has 2 aromatic rings. The van der Waals surface area contributed by atoms with E-state index in [0.717, 1.165) is 36.8 Å². The van der Waals surface area contributed by atoms with Crippen LogP contribution in [0.25, 0.3) is 0 Å². The van der Waals surface area contributed by atoms with E-state index in [1.165, 1.54) is 6.20 Å². The smallest absolute Gasteiger partial charge is 0.339 e. The predicted molar refractivity (Wildman–Crippen MR) is 88.2 cm³/mol. The Kier molecular flexibility index (Phi) is 5.08. The molecule has 1 aromatic heterocycles. The maximum absolute atomic E-state index is 12.8. The average Bonchev–Trinajstić information content (AvgIpc) is 2.62. The van der Waals surface area contributed by atoms with Gasteiger partial charge in [-0.15, -0.1) is 0 Å². The molecule has 1 heterocycles. The lowest BCUT2D eigenvalue weighted by Gasteiger charge is -2.21. The molecule has 0 radical (unpaired) electrons. The highest BCUT2D eigenvalue weighted by Gasteiger charge is 2.23. The Bertz CT molecular complexity index is 745. The van der Waals surface area contributed by atoms with Gasteiger partial charge in [0.15, 0.2) is 0 Å². The van der Waals surface area contributed by atoms with E-state index in [4.69, 9.17) is 9.47 Å². The minimum atomic E-state index is -0.537. The van der Waals surface area contributed by atoms with Crippen LogP contribution in [0.2, 0.25) is 0 Å². The monoisotopic (exact) mass is 329 g/mol. The summed E-state index contributed by atoms with van der Waals surface area (Å²) in [6.45, 7) is 1.58. The summed E-state index contributed by atoms with van der Waals surface area (Å²) in [7, 11) is 0. The lowest BCUT2D eigenvalue weighted by Crippen LogP contribution is -2.15. The van der Waals surface area contributed by atoms with Crippen molar-refractivity contribution in [1.29, 1.82) is 0 Å². The number of benzene rings is 1. The Morgan fingerprint density at radius 1 is 1.25 bits per heavy atom. The molecule has 3 rings (SSSR count). The lowest BCUT2D eigenvalue weighted by molar-refractivity contribution is 0.0524. The van der Waals surface area contributed by atoms with Crippen LogP contribution in [0.4, 0.5) is 4.39 Å². The molecular formula is C19H20FNO3. The number of alkyl halides is 1. The van der Waals surface area contributed by atoms with Crippen LogP contribution in [-0.4, -0.2) is 17.6 Å². The van der Waals surface area contributed by atoms with E-state index < -0.39 is 6.67 Å². The highest BCUT2D eigenvalue weighted by molar-refractivity contribution is 5.91. The molecule has 0 fully saturated rings. The van der Waals surface area contributed by atoms with Crippen LogP contribution < -0.4 is 4.74 Å². The first-order chi connectivity index (χ1) is 11.7. The molecule has 0 spiro atoms. The van der Waals surface area contributed by atoms with Crippen molar-refractivity contribution in [2.45, 2.75) is 39.3 Å². The topological polar surface area (TPSA) is 48.4 Å². The number of nitrogens with zero attached hydrogens (tertiary/aromatic N) is 1. The zero-order valence-corrected chi connectivity index (χ0v) is 13.7. The number of hydrogen-bond acceptors (Lipinski definition) is 4. The van der Waals surface area contributed by atoms with Gasteiger partial charge in [-0.25, -0.2) is 14.2 Å². The lowest BCUT2D eigenvalue weighted by atomic mass is 9.89. The fourth-order valence-electron chi connectivity index (χ4n) is 2.99. The SMILES string of the molecule is CCOC(=O)c1cnc(Oc2cccc(CF)c2)c2c1CCCC2. The van der Waals surface area contributed by atoms with Gasteiger partial charge in [0.1, 0.15) is 12.4 Å². The third kappa shape index (κ3) is 3.40. The summed E-state index contributed by atoms with van der Waals surface area (Å²) in [6, 6.07) is 6.90. The fraction of sp³-hybridized carbons (Fsp3) is 0.368. The zero-order valence-electron chi connectivity index (χ0n) is 13.7. The van der Waals surface area contributed by atoms with Crippen molar-refractivity contribution in [1.82, 2.24) is 4.98 Å². The summed E-state index contributed by atoms with van der Waals surface area (Å²) in [4.78, 5) is 16.5. The Labute approximate surface area is 140 Å². The standard InChI is InChI=1S/C19H20FNO3/c1-2-23-19(22)17-12-21-18(16-9-4-3-8-15(16)17)24-14-7-5-6-13(10-14)11-20/h5-7,10,12H,2-4,8-9,11H2,1H3. The van der Waals surface area contributed by atoms with Crippen LogP contribution >= 0.6 is 0 Å². The van der Waals surface area contributed by atoms with E-state index in [0.29, 0.717) is 29.4 Å². The minimum absolute atomic E-state index is 0.335. The van der Waals surface area contributed by atoms with Crippen molar-refractivity contribution in [3.05, 3.63) is 52.7 Å². The Hall–Kier alpha value is -2.43. The van der Waals surface area contributed by atoms with Gasteiger partial charge in [-0.1, -0.05) is 12.1 Å². The molecule has 5 heteroatoms. The number of halogens is 1. The maximum Gasteiger partial charge on any atom is 0.339 e. The fourth-order valence-corrected chi connectivity index (χ4v) is 2.99. The Balaban J connectivity index is 1.95. The van der Waals surface area contributed by atoms with Crippen molar-refractivity contribution in [3.63, 3.8) is 0 Å². The van der Waals surface area contributed by atoms with Gasteiger partial charge in [0, 0.05) is 11.8 Å². The molecule has 0 saturated carbocycles. The average molecular weight is 329 g/mol. The van der Waals surface area contributed by atoms with Crippen molar-refractivity contribution in [3.8, 4) is 11.6 Å². The van der Waals surface area contributed by atoms with Gasteiger partial charge < -0.3 is 9.47 Å². The van der Waals surface area contributed by atoms with E-state index >= 15 is 0 Å². The summed E-state index contributed by atoms with van der Waals surface area (Å²) < 4.78 is 23.8. The van der Waals surface area contributed by atoms with Gasteiger partial charge in [0.25, 0.3) is 0 Å². The second-order valence-electron chi connectivity index (χ2n) is 5.74. The highest BCUT2D eigenvalue weighted by Crippen LogP contribution is 2.33. The van der Waals surface area contributed by atoms with Gasteiger partial charge in [0.05, 0.1) is 12.2 Å². The summed E-state index contributed by atoms with van der Waals surface area (Å²) in [5, 5.41) is 0. The van der Waals surface area contributed by atoms with E-state index in [1.54, 1.807) is 31.2 Å². The van der Waals surface area contributed by atoms with Crippen LogP contribution in [0.5, 0.6) is 11.6 Å². The summed E-state index contributed by atoms with van der Waals surface area (Å²) in [5.74, 6) is 0.706. The van der Waals surface area contributed by atoms with Crippen LogP contribution in [-0.2, 0) is 24.3 Å². The predicted octanol–water partition coefficient (Wildman–Crippen LogP) is 4.40. The second kappa shape index (κ2) is 7.43. The molecule has 0 aliphatic heterocycles. The summed E-state index contributed by atoms with van der Waals surface area (Å²) >= 11 is 0. The molecule has 126 valence electrons. The molecule has 0 saturated heterocycles. The van der Waals surface area contributed by atoms with Crippen molar-refractivity contribution in [2.75, 3.05) is 6.61 Å². The number of rotatable bonds is 5. The van der Waals surface area contributed by atoms with Crippen molar-refractivity contribution >= 4 is 5.97 Å². The number of carbonyl (C=O) groups excluding carboxylic acids is 1. The molecule has 0 unspecified atom stereocenters. The third-order valence-electron chi connectivity index (χ3n) is 4.12. The number of ether oxygens (including phenoxy) is 2. The van der Waals surface area contributed by atoms with Crippen molar-refractivity contribution < 1.29 is 18.7 Å². The summed E-state index contributed by atoms with van der Waals surface area (Å²) in [6.07, 6.45) is 5.21. The molecule has 0 N–H and O–H groups in total. The van der Waals surface area contributed by atoms with Crippen LogP contribution in [0.15, 0.2) is 30.5 Å². The largest absolute Gasteiger partial charge is 0.462 e. The zero-order chi connectivity index (χ0) is 16.9. The number of hydrogen-bond donors (Lipinski definition) is 0. The minimum Gasteiger partial charge on any atom is -0.462 e. The highest BCUT2D eigenvalue weighted by atomic mass is 19.1. The number of esters is 1. The molecular weight excluding hydrogens is 309 g/mol. The van der Waals surface area contributed by atoms with Crippen LogP contribution in [0.3, 0.4) is 0 Å². The van der Waals surface area contributed by atoms with E-state index in [-0.39, 0.29) is 5.97 Å².